The third-order valence-electron chi connectivity index (χ3n) is 3.48. The molecule has 1 amide bonds. The molecule has 2 rings (SSSR count). The number of nitrogens with one attached hydrogen (secondary N) is 1. The van der Waals surface area contributed by atoms with Crippen molar-refractivity contribution in [2.24, 2.45) is 0 Å². The number of carbonyl (C=O) groups excluding carboxylic acids is 1. The molecule has 0 aliphatic carbocycles. The summed E-state index contributed by atoms with van der Waals surface area (Å²) in [6, 6.07) is 7.95. The van der Waals surface area contributed by atoms with Gasteiger partial charge in [-0.1, -0.05) is 12.1 Å². The van der Waals surface area contributed by atoms with Crippen LogP contribution in [0.25, 0.3) is 0 Å². The number of nitrogen functional groups attached to an aromatic ring is 1. The van der Waals surface area contributed by atoms with Crippen molar-refractivity contribution in [1.82, 2.24) is 9.88 Å². The number of nitrogens with two attached hydrogens (primary N) is 1. The van der Waals surface area contributed by atoms with Gasteiger partial charge in [-0.25, -0.2) is 4.98 Å². The molecular formula is C17H24N4OS. The van der Waals surface area contributed by atoms with Gasteiger partial charge in [0, 0.05) is 24.0 Å². The Morgan fingerprint density at radius 3 is 2.52 bits per heavy atom. The van der Waals surface area contributed by atoms with Crippen LogP contribution in [0.15, 0.2) is 24.3 Å². The third-order valence-corrected chi connectivity index (χ3v) is 4.55. The average Bonchev–Trinajstić information content (AvgIpc) is 2.85. The van der Waals surface area contributed by atoms with E-state index >= 15 is 0 Å². The molecule has 1 aromatic heterocycles. The number of anilines is 2. The lowest BCUT2D eigenvalue weighted by Gasteiger charge is -2.08. The Bertz CT molecular complexity index is 649. The molecule has 0 fully saturated rings. The molecule has 0 spiro atoms. The van der Waals surface area contributed by atoms with Gasteiger partial charge in [0.05, 0.1) is 5.69 Å². The van der Waals surface area contributed by atoms with Gasteiger partial charge in [0.25, 0.3) is 0 Å². The number of likely N-dealkylation sites (N-methyl/N-ethyl adjacent to an activating group) is 1. The van der Waals surface area contributed by atoms with Crippen molar-refractivity contribution in [3.8, 4) is 0 Å². The summed E-state index contributed by atoms with van der Waals surface area (Å²) in [5, 5.41) is 3.49. The Morgan fingerprint density at radius 1 is 1.22 bits per heavy atom. The first-order valence-electron chi connectivity index (χ1n) is 7.69. The Morgan fingerprint density at radius 2 is 1.91 bits per heavy atom. The number of hydrogen-bond acceptors (Lipinski definition) is 5. The van der Waals surface area contributed by atoms with Gasteiger partial charge < -0.3 is 16.0 Å². The molecule has 0 aliphatic rings. The molecule has 5 nitrogen and oxygen atoms in total. The molecule has 0 atom stereocenters. The summed E-state index contributed by atoms with van der Waals surface area (Å²) in [5.41, 5.74) is 8.82. The molecular weight excluding hydrogens is 308 g/mol. The van der Waals surface area contributed by atoms with E-state index in [1.807, 2.05) is 12.1 Å². The summed E-state index contributed by atoms with van der Waals surface area (Å²) >= 11 is 1.58. The molecule has 3 N–H and O–H groups in total. The highest BCUT2D eigenvalue weighted by molar-refractivity contribution is 7.15. The fraction of sp³-hybridized carbons (Fsp3) is 0.412. The van der Waals surface area contributed by atoms with Crippen LogP contribution in [-0.4, -0.2) is 36.4 Å². The maximum absolute atomic E-state index is 11.2. The lowest BCUT2D eigenvalue weighted by molar-refractivity contribution is -0.114. The van der Waals surface area contributed by atoms with E-state index in [9.17, 15) is 4.79 Å². The number of amides is 1. The fourth-order valence-corrected chi connectivity index (χ4v) is 3.29. The Hall–Kier alpha value is -1.92. The van der Waals surface area contributed by atoms with Crippen LogP contribution in [0.4, 0.5) is 10.8 Å². The van der Waals surface area contributed by atoms with Crippen LogP contribution in [0.2, 0.25) is 0 Å². The largest absolute Gasteiger partial charge is 0.399 e. The van der Waals surface area contributed by atoms with E-state index in [2.05, 4.69) is 41.4 Å². The average molecular weight is 332 g/mol. The molecule has 2 aromatic rings. The summed E-state index contributed by atoms with van der Waals surface area (Å²) in [7, 11) is 4.12. The maximum atomic E-state index is 11.2. The SMILES string of the molecule is CC(=O)Nc1nc(CCc2ccc(N)cc2)c(CCN(C)C)s1. The number of aryl methyl sites for hydroxylation is 2. The zero-order valence-electron chi connectivity index (χ0n) is 13.9. The van der Waals surface area contributed by atoms with Gasteiger partial charge in [-0.2, -0.15) is 0 Å². The standard InChI is InChI=1S/C17H24N4OS/c1-12(22)19-17-20-15(16(23-17)10-11-21(2)3)9-6-13-4-7-14(18)8-5-13/h4-5,7-8H,6,9-11,18H2,1-3H3,(H,19,20,22). The van der Waals surface area contributed by atoms with Crippen LogP contribution < -0.4 is 11.1 Å². The van der Waals surface area contributed by atoms with Crippen molar-refractivity contribution in [2.45, 2.75) is 26.2 Å². The molecule has 6 heteroatoms. The zero-order valence-corrected chi connectivity index (χ0v) is 14.7. The molecule has 1 aromatic carbocycles. The number of nitrogens with zero attached hydrogens (tertiary/aromatic N) is 2. The molecule has 0 aliphatic heterocycles. The monoisotopic (exact) mass is 332 g/mol. The topological polar surface area (TPSA) is 71.2 Å². The highest BCUT2D eigenvalue weighted by Crippen LogP contribution is 2.25. The number of thiazole rings is 1. The summed E-state index contributed by atoms with van der Waals surface area (Å²) in [4.78, 5) is 19.3. The number of hydrogen-bond donors (Lipinski definition) is 2. The molecule has 0 saturated heterocycles. The molecule has 0 radical (unpaired) electrons. The molecule has 0 bridgehead atoms. The quantitative estimate of drug-likeness (QED) is 0.765. The van der Waals surface area contributed by atoms with E-state index < -0.39 is 0 Å². The smallest absolute Gasteiger partial charge is 0.223 e. The van der Waals surface area contributed by atoms with Crippen molar-refractivity contribution in [2.75, 3.05) is 31.7 Å². The highest BCUT2D eigenvalue weighted by atomic mass is 32.1. The lowest BCUT2D eigenvalue weighted by Crippen LogP contribution is -2.15. The first kappa shape index (κ1) is 17.4. The van der Waals surface area contributed by atoms with Crippen molar-refractivity contribution in [3.05, 3.63) is 40.4 Å². The first-order valence-corrected chi connectivity index (χ1v) is 8.51. The second-order valence-corrected chi connectivity index (χ2v) is 6.95. The van der Waals surface area contributed by atoms with Gasteiger partial charge in [-0.05, 0) is 51.1 Å². The van der Waals surface area contributed by atoms with Gasteiger partial charge in [0.2, 0.25) is 5.91 Å². The van der Waals surface area contributed by atoms with Gasteiger partial charge in [0.1, 0.15) is 0 Å². The molecule has 124 valence electrons. The zero-order chi connectivity index (χ0) is 16.8. The van der Waals surface area contributed by atoms with E-state index in [-0.39, 0.29) is 5.91 Å². The Labute approximate surface area is 141 Å². The Kier molecular flexibility index (Phi) is 6.12. The van der Waals surface area contributed by atoms with Gasteiger partial charge >= 0.3 is 0 Å². The number of aromatic nitrogens is 1. The van der Waals surface area contributed by atoms with Gasteiger partial charge in [-0.15, -0.1) is 11.3 Å². The van der Waals surface area contributed by atoms with Crippen LogP contribution in [0.5, 0.6) is 0 Å². The summed E-state index contributed by atoms with van der Waals surface area (Å²) in [5.74, 6) is -0.0806. The third kappa shape index (κ3) is 5.65. The van der Waals surface area contributed by atoms with E-state index in [0.717, 1.165) is 37.2 Å². The minimum Gasteiger partial charge on any atom is -0.399 e. The van der Waals surface area contributed by atoms with Gasteiger partial charge in [0.15, 0.2) is 5.13 Å². The van der Waals surface area contributed by atoms with E-state index in [0.29, 0.717) is 5.13 Å². The molecule has 23 heavy (non-hydrogen) atoms. The maximum Gasteiger partial charge on any atom is 0.223 e. The molecule has 1 heterocycles. The van der Waals surface area contributed by atoms with Crippen molar-refractivity contribution >= 4 is 28.1 Å². The van der Waals surface area contributed by atoms with Crippen LogP contribution in [0.3, 0.4) is 0 Å². The second-order valence-electron chi connectivity index (χ2n) is 5.86. The van der Waals surface area contributed by atoms with E-state index in [1.165, 1.54) is 17.4 Å². The summed E-state index contributed by atoms with van der Waals surface area (Å²) in [6.45, 7) is 2.48. The molecule has 0 saturated carbocycles. The van der Waals surface area contributed by atoms with Crippen LogP contribution in [0.1, 0.15) is 23.1 Å². The van der Waals surface area contributed by atoms with Crippen molar-refractivity contribution in [1.29, 1.82) is 0 Å². The summed E-state index contributed by atoms with van der Waals surface area (Å²) < 4.78 is 0. The van der Waals surface area contributed by atoms with Gasteiger partial charge in [-0.3, -0.25) is 4.79 Å². The highest BCUT2D eigenvalue weighted by Gasteiger charge is 2.12. The Balaban J connectivity index is 2.08. The summed E-state index contributed by atoms with van der Waals surface area (Å²) in [6.07, 6.45) is 2.72. The lowest BCUT2D eigenvalue weighted by atomic mass is 10.1. The normalized spacial score (nSPS) is 11.0. The van der Waals surface area contributed by atoms with Crippen molar-refractivity contribution in [3.63, 3.8) is 0 Å². The van der Waals surface area contributed by atoms with E-state index in [1.54, 1.807) is 11.3 Å². The van der Waals surface area contributed by atoms with Crippen molar-refractivity contribution < 1.29 is 4.79 Å². The predicted octanol–water partition coefficient (Wildman–Crippen LogP) is 2.57. The number of rotatable bonds is 7. The molecule has 0 unspecified atom stereocenters. The number of carbonyl (C=O) groups is 1. The van der Waals surface area contributed by atoms with E-state index in [4.69, 9.17) is 5.73 Å². The number of benzene rings is 1. The first-order chi connectivity index (χ1) is 10.9. The second kappa shape index (κ2) is 8.08. The van der Waals surface area contributed by atoms with Crippen LogP contribution in [-0.2, 0) is 24.1 Å². The fourth-order valence-electron chi connectivity index (χ4n) is 2.25. The van der Waals surface area contributed by atoms with Crippen LogP contribution >= 0.6 is 11.3 Å². The van der Waals surface area contributed by atoms with Crippen LogP contribution in [0, 0.1) is 0 Å². The minimum absolute atomic E-state index is 0.0806. The predicted molar refractivity (Wildman–Crippen MR) is 96.9 cm³/mol. The minimum atomic E-state index is -0.0806.